The second kappa shape index (κ2) is 7.92. The molecule has 0 saturated heterocycles. The zero-order chi connectivity index (χ0) is 17.6. The molecule has 2 N–H and O–H groups in total. The Morgan fingerprint density at radius 2 is 1.58 bits per heavy atom. The maximum Gasteiger partial charge on any atom is 0.232 e. The highest BCUT2D eigenvalue weighted by atomic mass is 32.2. The summed E-state index contributed by atoms with van der Waals surface area (Å²) in [5, 5.41) is 2.71. The SMILES string of the molecule is CCCS(=O)(=O)Nc1ccc(NC(=O)Cc2ccc(F)cc2)cc1. The molecule has 0 bridgehead atoms. The molecule has 0 aromatic heterocycles. The van der Waals surface area contributed by atoms with Crippen LogP contribution >= 0.6 is 0 Å². The number of benzene rings is 2. The van der Waals surface area contributed by atoms with E-state index < -0.39 is 10.0 Å². The molecule has 5 nitrogen and oxygen atoms in total. The third kappa shape index (κ3) is 5.66. The van der Waals surface area contributed by atoms with Crippen molar-refractivity contribution in [2.24, 2.45) is 0 Å². The van der Waals surface area contributed by atoms with Crippen LogP contribution in [0, 0.1) is 5.82 Å². The number of hydrogen-bond acceptors (Lipinski definition) is 3. The van der Waals surface area contributed by atoms with Crippen LogP contribution in [0.2, 0.25) is 0 Å². The summed E-state index contributed by atoms with van der Waals surface area (Å²) < 4.78 is 38.7. The lowest BCUT2D eigenvalue weighted by atomic mass is 10.1. The number of amides is 1. The van der Waals surface area contributed by atoms with Gasteiger partial charge in [-0.1, -0.05) is 19.1 Å². The normalized spacial score (nSPS) is 11.1. The van der Waals surface area contributed by atoms with Crippen molar-refractivity contribution >= 4 is 27.3 Å². The molecule has 0 atom stereocenters. The summed E-state index contributed by atoms with van der Waals surface area (Å²) in [6.07, 6.45) is 0.665. The fourth-order valence-electron chi connectivity index (χ4n) is 2.11. The summed E-state index contributed by atoms with van der Waals surface area (Å²) in [6, 6.07) is 12.1. The fraction of sp³-hybridized carbons (Fsp3) is 0.235. The molecular weight excluding hydrogens is 331 g/mol. The van der Waals surface area contributed by atoms with E-state index in [1.54, 1.807) is 43.3 Å². The van der Waals surface area contributed by atoms with Gasteiger partial charge in [0.15, 0.2) is 0 Å². The summed E-state index contributed by atoms with van der Waals surface area (Å²) in [4.78, 5) is 11.9. The summed E-state index contributed by atoms with van der Waals surface area (Å²) in [5.41, 5.74) is 1.71. The van der Waals surface area contributed by atoms with Crippen molar-refractivity contribution in [2.45, 2.75) is 19.8 Å². The van der Waals surface area contributed by atoms with Gasteiger partial charge in [-0.2, -0.15) is 0 Å². The molecule has 2 aromatic rings. The largest absolute Gasteiger partial charge is 0.326 e. The second-order valence-electron chi connectivity index (χ2n) is 5.35. The summed E-state index contributed by atoms with van der Waals surface area (Å²) in [5.74, 6) is -0.524. The molecule has 2 aromatic carbocycles. The molecule has 0 aliphatic rings. The Kier molecular flexibility index (Phi) is 5.92. The van der Waals surface area contributed by atoms with E-state index in [9.17, 15) is 17.6 Å². The van der Waals surface area contributed by atoms with Crippen LogP contribution in [-0.2, 0) is 21.2 Å². The number of halogens is 1. The van der Waals surface area contributed by atoms with E-state index in [4.69, 9.17) is 0 Å². The van der Waals surface area contributed by atoms with Crippen molar-refractivity contribution in [1.29, 1.82) is 0 Å². The molecule has 2 rings (SSSR count). The molecule has 0 fully saturated rings. The number of hydrogen-bond donors (Lipinski definition) is 2. The van der Waals surface area contributed by atoms with E-state index in [2.05, 4.69) is 10.0 Å². The van der Waals surface area contributed by atoms with Crippen molar-refractivity contribution in [2.75, 3.05) is 15.8 Å². The van der Waals surface area contributed by atoms with E-state index >= 15 is 0 Å². The Morgan fingerprint density at radius 3 is 2.17 bits per heavy atom. The highest BCUT2D eigenvalue weighted by Gasteiger charge is 2.09. The van der Waals surface area contributed by atoms with Gasteiger partial charge in [0.1, 0.15) is 5.82 Å². The number of rotatable bonds is 7. The average Bonchev–Trinajstić information content (AvgIpc) is 2.51. The van der Waals surface area contributed by atoms with Crippen molar-refractivity contribution in [3.63, 3.8) is 0 Å². The number of carbonyl (C=O) groups excluding carboxylic acids is 1. The maximum atomic E-state index is 12.8. The van der Waals surface area contributed by atoms with Crippen LogP contribution in [0.15, 0.2) is 48.5 Å². The monoisotopic (exact) mass is 350 g/mol. The molecule has 128 valence electrons. The standard InChI is InChI=1S/C17H19FN2O3S/c1-2-11-24(22,23)20-16-9-7-15(8-10-16)19-17(21)12-13-3-5-14(18)6-4-13/h3-10,20H,2,11-12H2,1H3,(H,19,21). The first-order valence-corrected chi connectivity index (χ1v) is 9.18. The summed E-state index contributed by atoms with van der Waals surface area (Å²) in [6.45, 7) is 1.79. The Balaban J connectivity index is 1.93. The van der Waals surface area contributed by atoms with E-state index in [0.717, 1.165) is 0 Å². The molecule has 7 heteroatoms. The van der Waals surface area contributed by atoms with Crippen LogP contribution < -0.4 is 10.0 Å². The third-order valence-corrected chi connectivity index (χ3v) is 4.69. The number of nitrogens with one attached hydrogen (secondary N) is 2. The van der Waals surface area contributed by atoms with Crippen molar-refractivity contribution in [3.05, 3.63) is 59.9 Å². The van der Waals surface area contributed by atoms with E-state index in [1.807, 2.05) is 0 Å². The predicted octanol–water partition coefficient (Wildman–Crippen LogP) is 3.16. The zero-order valence-electron chi connectivity index (χ0n) is 13.3. The molecule has 1 amide bonds. The van der Waals surface area contributed by atoms with E-state index in [1.165, 1.54) is 12.1 Å². The van der Waals surface area contributed by atoms with Crippen LogP contribution in [-0.4, -0.2) is 20.1 Å². The predicted molar refractivity (Wildman–Crippen MR) is 92.9 cm³/mol. The Bertz CT molecular complexity index is 788. The fourth-order valence-corrected chi connectivity index (χ4v) is 3.25. The first kappa shape index (κ1) is 17.9. The second-order valence-corrected chi connectivity index (χ2v) is 7.19. The molecule has 0 unspecified atom stereocenters. The quantitative estimate of drug-likeness (QED) is 0.805. The van der Waals surface area contributed by atoms with Gasteiger partial charge in [-0.3, -0.25) is 9.52 Å². The van der Waals surface area contributed by atoms with Gasteiger partial charge in [0.25, 0.3) is 0 Å². The molecule has 0 saturated carbocycles. The van der Waals surface area contributed by atoms with E-state index in [-0.39, 0.29) is 23.9 Å². The first-order chi connectivity index (χ1) is 11.4. The van der Waals surface area contributed by atoms with Gasteiger partial charge < -0.3 is 5.32 Å². The minimum atomic E-state index is -3.33. The topological polar surface area (TPSA) is 75.3 Å². The Hall–Kier alpha value is -2.41. The van der Waals surface area contributed by atoms with Crippen molar-refractivity contribution in [3.8, 4) is 0 Å². The molecular formula is C17H19FN2O3S. The van der Waals surface area contributed by atoms with Gasteiger partial charge in [-0.05, 0) is 48.4 Å². The minimum absolute atomic E-state index is 0.0587. The van der Waals surface area contributed by atoms with Crippen molar-refractivity contribution in [1.82, 2.24) is 0 Å². The maximum absolute atomic E-state index is 12.8. The molecule has 0 radical (unpaired) electrons. The lowest BCUT2D eigenvalue weighted by molar-refractivity contribution is -0.115. The molecule has 24 heavy (non-hydrogen) atoms. The average molecular weight is 350 g/mol. The Morgan fingerprint density at radius 1 is 1.00 bits per heavy atom. The summed E-state index contributed by atoms with van der Waals surface area (Å²) >= 11 is 0. The van der Waals surface area contributed by atoms with Crippen LogP contribution in [0.25, 0.3) is 0 Å². The molecule has 0 spiro atoms. The molecule has 0 aliphatic carbocycles. The van der Waals surface area contributed by atoms with Gasteiger partial charge in [0.05, 0.1) is 12.2 Å². The lowest BCUT2D eigenvalue weighted by Gasteiger charge is -2.09. The molecule has 0 heterocycles. The zero-order valence-corrected chi connectivity index (χ0v) is 14.1. The molecule has 0 aliphatic heterocycles. The van der Waals surface area contributed by atoms with Crippen LogP contribution in [0.1, 0.15) is 18.9 Å². The van der Waals surface area contributed by atoms with Gasteiger partial charge in [-0.25, -0.2) is 12.8 Å². The van der Waals surface area contributed by atoms with E-state index in [0.29, 0.717) is 23.4 Å². The minimum Gasteiger partial charge on any atom is -0.326 e. The van der Waals surface area contributed by atoms with Gasteiger partial charge in [-0.15, -0.1) is 0 Å². The highest BCUT2D eigenvalue weighted by Crippen LogP contribution is 2.15. The van der Waals surface area contributed by atoms with Crippen LogP contribution in [0.3, 0.4) is 0 Å². The smallest absolute Gasteiger partial charge is 0.232 e. The number of sulfonamides is 1. The van der Waals surface area contributed by atoms with Crippen molar-refractivity contribution < 1.29 is 17.6 Å². The third-order valence-electron chi connectivity index (χ3n) is 3.19. The summed E-state index contributed by atoms with van der Waals surface area (Å²) in [7, 11) is -3.33. The van der Waals surface area contributed by atoms with Gasteiger partial charge in [0, 0.05) is 11.4 Å². The number of carbonyl (C=O) groups is 1. The Labute approximate surface area is 141 Å². The van der Waals surface area contributed by atoms with Crippen LogP contribution in [0.4, 0.5) is 15.8 Å². The van der Waals surface area contributed by atoms with Gasteiger partial charge >= 0.3 is 0 Å². The van der Waals surface area contributed by atoms with Crippen LogP contribution in [0.5, 0.6) is 0 Å². The lowest BCUT2D eigenvalue weighted by Crippen LogP contribution is -2.16. The first-order valence-electron chi connectivity index (χ1n) is 7.53. The highest BCUT2D eigenvalue weighted by molar-refractivity contribution is 7.92. The van der Waals surface area contributed by atoms with Gasteiger partial charge in [0.2, 0.25) is 15.9 Å². The number of anilines is 2.